The first-order chi connectivity index (χ1) is 9.68. The molecule has 0 saturated carbocycles. The Kier molecular flexibility index (Phi) is 3.50. The molecule has 0 aliphatic heterocycles. The fourth-order valence-electron chi connectivity index (χ4n) is 1.99. The van der Waals surface area contributed by atoms with Gasteiger partial charge in [0.15, 0.2) is 10.6 Å². The normalized spacial score (nSPS) is 10.7. The van der Waals surface area contributed by atoms with Crippen molar-refractivity contribution in [1.29, 1.82) is 0 Å². The van der Waals surface area contributed by atoms with Crippen molar-refractivity contribution in [2.45, 2.75) is 0 Å². The fraction of sp³-hybridized carbons (Fsp3) is 0. The monoisotopic (exact) mass is 349 g/mol. The van der Waals surface area contributed by atoms with Crippen LogP contribution in [0, 0.1) is 10.6 Å². The average molecular weight is 350 g/mol. The molecule has 3 aromatic rings. The van der Waals surface area contributed by atoms with Crippen molar-refractivity contribution in [3.8, 4) is 17.1 Å². The van der Waals surface area contributed by atoms with Gasteiger partial charge in [0.1, 0.15) is 5.82 Å². The molecule has 0 aliphatic carbocycles. The van der Waals surface area contributed by atoms with E-state index in [0.29, 0.717) is 20.6 Å². The van der Waals surface area contributed by atoms with Crippen molar-refractivity contribution < 1.29 is 4.39 Å². The molecule has 0 atom stereocenters. The summed E-state index contributed by atoms with van der Waals surface area (Å²) in [4.78, 5) is 0. The Morgan fingerprint density at radius 1 is 1.10 bits per heavy atom. The molecule has 3 rings (SSSR count). The largest absolute Gasteiger partial charge is 0.268 e. The van der Waals surface area contributed by atoms with Crippen LogP contribution in [0.15, 0.2) is 53.0 Å². The third-order valence-electron chi connectivity index (χ3n) is 2.87. The maximum absolute atomic E-state index is 14.1. The molecule has 1 N–H and O–H groups in total. The molecule has 0 aliphatic rings. The molecule has 20 heavy (non-hydrogen) atoms. The van der Waals surface area contributed by atoms with E-state index in [0.717, 1.165) is 5.69 Å². The molecule has 1 aromatic heterocycles. The van der Waals surface area contributed by atoms with Gasteiger partial charge < -0.3 is 0 Å². The maximum Gasteiger partial charge on any atom is 0.200 e. The zero-order chi connectivity index (χ0) is 14.1. The van der Waals surface area contributed by atoms with Crippen LogP contribution in [0.25, 0.3) is 17.1 Å². The highest BCUT2D eigenvalue weighted by atomic mass is 79.9. The van der Waals surface area contributed by atoms with Gasteiger partial charge in [-0.15, -0.1) is 0 Å². The van der Waals surface area contributed by atoms with Gasteiger partial charge >= 0.3 is 0 Å². The predicted octanol–water partition coefficient (Wildman–Crippen LogP) is 4.50. The lowest BCUT2D eigenvalue weighted by Crippen LogP contribution is -1.99. The van der Waals surface area contributed by atoms with Crippen molar-refractivity contribution in [3.63, 3.8) is 0 Å². The molecule has 0 bridgehead atoms. The summed E-state index contributed by atoms with van der Waals surface area (Å²) in [5.41, 5.74) is 1.21. The first kappa shape index (κ1) is 13.2. The van der Waals surface area contributed by atoms with Gasteiger partial charge in [-0.05, 0) is 52.4 Å². The number of aromatic nitrogens is 3. The number of hydrogen-bond donors (Lipinski definition) is 1. The summed E-state index contributed by atoms with van der Waals surface area (Å²) >= 11 is 8.61. The SMILES string of the molecule is Fc1cccc(Br)c1-c1n[nH]c(=S)n1-c1ccccc1. The average Bonchev–Trinajstić information content (AvgIpc) is 2.81. The number of nitrogens with zero attached hydrogens (tertiary/aromatic N) is 2. The van der Waals surface area contributed by atoms with Gasteiger partial charge in [0.25, 0.3) is 0 Å². The van der Waals surface area contributed by atoms with Crippen LogP contribution in [0.4, 0.5) is 4.39 Å². The van der Waals surface area contributed by atoms with E-state index in [1.165, 1.54) is 6.07 Å². The number of rotatable bonds is 2. The first-order valence-corrected chi connectivity index (χ1v) is 7.06. The molecule has 2 aromatic carbocycles. The van der Waals surface area contributed by atoms with Crippen LogP contribution in [0.5, 0.6) is 0 Å². The van der Waals surface area contributed by atoms with E-state index in [9.17, 15) is 4.39 Å². The summed E-state index contributed by atoms with van der Waals surface area (Å²) in [5, 5.41) is 6.88. The number of para-hydroxylation sites is 1. The lowest BCUT2D eigenvalue weighted by Gasteiger charge is -2.09. The molecule has 6 heteroatoms. The fourth-order valence-corrected chi connectivity index (χ4v) is 2.75. The van der Waals surface area contributed by atoms with E-state index in [1.54, 1.807) is 16.7 Å². The number of benzene rings is 2. The third kappa shape index (κ3) is 2.21. The number of halogens is 2. The quantitative estimate of drug-likeness (QED) is 0.691. The molecule has 0 unspecified atom stereocenters. The smallest absolute Gasteiger partial charge is 0.200 e. The minimum atomic E-state index is -0.356. The second-order valence-electron chi connectivity index (χ2n) is 4.12. The van der Waals surface area contributed by atoms with Gasteiger partial charge in [0.2, 0.25) is 0 Å². The number of H-pyrrole nitrogens is 1. The highest BCUT2D eigenvalue weighted by molar-refractivity contribution is 9.10. The zero-order valence-electron chi connectivity index (χ0n) is 10.2. The van der Waals surface area contributed by atoms with E-state index >= 15 is 0 Å². The Bertz CT molecular complexity index is 791. The van der Waals surface area contributed by atoms with Crippen molar-refractivity contribution in [2.24, 2.45) is 0 Å². The molecule has 0 radical (unpaired) electrons. The number of nitrogens with one attached hydrogen (secondary N) is 1. The van der Waals surface area contributed by atoms with Gasteiger partial charge in [0.05, 0.1) is 5.56 Å². The van der Waals surface area contributed by atoms with Gasteiger partial charge in [-0.2, -0.15) is 5.10 Å². The molecular weight excluding hydrogens is 341 g/mol. The Balaban J connectivity index is 2.30. The minimum absolute atomic E-state index is 0.356. The molecule has 3 nitrogen and oxygen atoms in total. The standard InChI is InChI=1S/C14H9BrFN3S/c15-10-7-4-8-11(16)12(10)13-17-18-14(20)19(13)9-5-2-1-3-6-9/h1-8H,(H,18,20). The molecule has 0 amide bonds. The van der Waals surface area contributed by atoms with Crippen molar-refractivity contribution >= 4 is 28.1 Å². The summed E-state index contributed by atoms with van der Waals surface area (Å²) in [6, 6.07) is 14.3. The van der Waals surface area contributed by atoms with Crippen LogP contribution in [-0.2, 0) is 0 Å². The van der Waals surface area contributed by atoms with E-state index < -0.39 is 0 Å². The molecule has 0 fully saturated rings. The zero-order valence-corrected chi connectivity index (χ0v) is 12.6. The van der Waals surface area contributed by atoms with E-state index in [1.807, 2.05) is 30.3 Å². The molecule has 0 spiro atoms. The predicted molar refractivity (Wildman–Crippen MR) is 81.8 cm³/mol. The van der Waals surface area contributed by atoms with Crippen LogP contribution in [0.3, 0.4) is 0 Å². The second kappa shape index (κ2) is 5.30. The maximum atomic E-state index is 14.1. The lowest BCUT2D eigenvalue weighted by molar-refractivity contribution is 0.628. The molecule has 1 heterocycles. The Hall–Kier alpha value is -1.79. The lowest BCUT2D eigenvalue weighted by atomic mass is 10.2. The second-order valence-corrected chi connectivity index (χ2v) is 5.36. The van der Waals surface area contributed by atoms with E-state index in [-0.39, 0.29) is 5.82 Å². The molecule has 0 saturated heterocycles. The summed E-state index contributed by atoms with van der Waals surface area (Å²) in [6.07, 6.45) is 0. The minimum Gasteiger partial charge on any atom is -0.268 e. The molecule has 100 valence electrons. The summed E-state index contributed by atoms with van der Waals surface area (Å²) in [6.45, 7) is 0. The third-order valence-corrected chi connectivity index (χ3v) is 3.81. The van der Waals surface area contributed by atoms with E-state index in [2.05, 4.69) is 26.1 Å². The topological polar surface area (TPSA) is 33.6 Å². The highest BCUT2D eigenvalue weighted by Gasteiger charge is 2.17. The van der Waals surface area contributed by atoms with Crippen LogP contribution in [0.1, 0.15) is 0 Å². The van der Waals surface area contributed by atoms with Crippen molar-refractivity contribution in [1.82, 2.24) is 14.8 Å². The number of aromatic amines is 1. The van der Waals surface area contributed by atoms with Gasteiger partial charge in [-0.25, -0.2) is 4.39 Å². The Morgan fingerprint density at radius 2 is 1.85 bits per heavy atom. The Labute approximate surface area is 128 Å². The first-order valence-electron chi connectivity index (χ1n) is 5.85. The van der Waals surface area contributed by atoms with Gasteiger partial charge in [-0.1, -0.05) is 24.3 Å². The summed E-state index contributed by atoms with van der Waals surface area (Å²) in [7, 11) is 0. The highest BCUT2D eigenvalue weighted by Crippen LogP contribution is 2.30. The van der Waals surface area contributed by atoms with Crippen LogP contribution in [0.2, 0.25) is 0 Å². The summed E-state index contributed by atoms with van der Waals surface area (Å²) < 4.78 is 16.9. The van der Waals surface area contributed by atoms with Gasteiger partial charge in [-0.3, -0.25) is 9.67 Å². The number of hydrogen-bond acceptors (Lipinski definition) is 2. The Morgan fingerprint density at radius 3 is 2.55 bits per heavy atom. The van der Waals surface area contributed by atoms with Crippen LogP contribution < -0.4 is 0 Å². The van der Waals surface area contributed by atoms with Crippen molar-refractivity contribution in [3.05, 3.63) is 63.6 Å². The van der Waals surface area contributed by atoms with Crippen LogP contribution in [-0.4, -0.2) is 14.8 Å². The van der Waals surface area contributed by atoms with Crippen LogP contribution >= 0.6 is 28.1 Å². The van der Waals surface area contributed by atoms with E-state index in [4.69, 9.17) is 12.2 Å². The van der Waals surface area contributed by atoms with Crippen molar-refractivity contribution in [2.75, 3.05) is 0 Å². The van der Waals surface area contributed by atoms with Gasteiger partial charge in [0, 0.05) is 10.2 Å². The summed E-state index contributed by atoms with van der Waals surface area (Å²) in [5.74, 6) is 0.0803. The molecular formula is C14H9BrFN3S.